The van der Waals surface area contributed by atoms with Gasteiger partial charge in [0, 0.05) is 181 Å². The number of ether oxygens (including phenoxy) is 3. The number of anilines is 1. The van der Waals surface area contributed by atoms with Gasteiger partial charge in [0.1, 0.15) is 25.0 Å². The lowest BCUT2D eigenvalue weighted by molar-refractivity contribution is -0.433. The van der Waals surface area contributed by atoms with E-state index in [0.29, 0.717) is 50.0 Å². The van der Waals surface area contributed by atoms with Crippen LogP contribution in [0, 0.1) is 30.6 Å². The second kappa shape index (κ2) is 60.8. The second-order valence-electron chi connectivity index (χ2n) is 37.3. The number of amides is 7. The van der Waals surface area contributed by atoms with Crippen LogP contribution in [0.15, 0.2) is 89.5 Å². The minimum Gasteiger partial charge on any atom is -0.481 e. The Bertz CT molecular complexity index is 5000. The van der Waals surface area contributed by atoms with Crippen LogP contribution in [0.1, 0.15) is 258 Å². The number of nitrogens with one attached hydrogen (secondary N) is 6. The molecule has 3 aliphatic heterocycles. The maximum atomic E-state index is 14.6. The summed E-state index contributed by atoms with van der Waals surface area (Å²) in [6, 6.07) is 3.19. The number of rotatable bonds is 72. The number of aryl methyl sites for hydroxylation is 1. The summed E-state index contributed by atoms with van der Waals surface area (Å²) in [6.45, 7) is 19.1. The van der Waals surface area contributed by atoms with Crippen molar-refractivity contribution in [3.05, 3.63) is 101 Å². The number of methoxy groups -OCH3 is 1. The minimum absolute atomic E-state index is 0.00241. The first kappa shape index (κ1) is 120. The molecule has 5 rings (SSSR count). The number of benzene rings is 2. The third kappa shape index (κ3) is 40.9. The smallest absolute Gasteiger partial charge is 0.303 e. The molecule has 3 heterocycles. The number of hydrogen-bond acceptors (Lipinski definition) is 25. The molecule has 780 valence electrons. The molecule has 1 fully saturated rings. The van der Waals surface area contributed by atoms with E-state index in [0.717, 1.165) is 17.9 Å². The molecule has 0 unspecified atom stereocenters. The Balaban J connectivity index is 1.22. The fourth-order valence-electron chi connectivity index (χ4n) is 17.4. The van der Waals surface area contributed by atoms with E-state index in [2.05, 4.69) is 93.3 Å². The van der Waals surface area contributed by atoms with Crippen molar-refractivity contribution < 1.29 is 144 Å². The third-order valence-electron chi connectivity index (χ3n) is 25.2. The van der Waals surface area contributed by atoms with Gasteiger partial charge in [-0.15, -0.1) is 0 Å². The lowest BCUT2D eigenvalue weighted by Gasteiger charge is -2.27. The summed E-state index contributed by atoms with van der Waals surface area (Å²) in [5, 5.41) is 64.7. The van der Waals surface area contributed by atoms with Crippen molar-refractivity contribution in [3.63, 3.8) is 0 Å². The molecule has 7 amide bonds. The Kier molecular flexibility index (Phi) is 51.8. The predicted molar refractivity (Wildman–Crippen MR) is 525 cm³/mol. The maximum Gasteiger partial charge on any atom is 0.303 e. The van der Waals surface area contributed by atoms with Crippen LogP contribution in [0.4, 0.5) is 11.4 Å². The van der Waals surface area contributed by atoms with E-state index in [4.69, 9.17) is 14.2 Å². The maximum absolute atomic E-state index is 14.6. The number of likely N-dealkylation sites (tertiary alicyclic amines) is 1. The number of Topliss-reactive ketones (excluding diaryl/α,β-unsaturated/α-hetero) is 6. The van der Waals surface area contributed by atoms with Crippen LogP contribution in [0.25, 0.3) is 0 Å². The highest BCUT2D eigenvalue weighted by Crippen LogP contribution is 2.49. The van der Waals surface area contributed by atoms with Crippen molar-refractivity contribution in [2.75, 3.05) is 83.2 Å². The van der Waals surface area contributed by atoms with E-state index in [1.54, 1.807) is 19.2 Å². The Morgan fingerprint density at radius 2 is 1.11 bits per heavy atom. The van der Waals surface area contributed by atoms with E-state index in [1.807, 2.05) is 64.2 Å². The van der Waals surface area contributed by atoms with E-state index < -0.39 is 260 Å². The van der Waals surface area contributed by atoms with Crippen molar-refractivity contribution >= 4 is 145 Å². The largest absolute Gasteiger partial charge is 0.481 e. The fourth-order valence-corrected chi connectivity index (χ4v) is 18.5. The first-order valence-electron chi connectivity index (χ1n) is 48.5. The van der Waals surface area contributed by atoms with Gasteiger partial charge in [-0.1, -0.05) is 89.5 Å². The van der Waals surface area contributed by atoms with Gasteiger partial charge in [-0.3, -0.25) is 90.9 Å². The number of thioether (sulfide) groups is 1. The number of nitrogens with zero attached hydrogens (tertiary/aromatic N) is 3. The number of aliphatic carboxylic acids is 5. The molecule has 0 bridgehead atoms. The average molecular weight is 2010 g/mol. The highest BCUT2D eigenvalue weighted by atomic mass is 32.2. The van der Waals surface area contributed by atoms with E-state index in [1.165, 1.54) is 58.4 Å². The van der Waals surface area contributed by atoms with Gasteiger partial charge in [0.2, 0.25) is 47.0 Å². The van der Waals surface area contributed by atoms with Gasteiger partial charge >= 0.3 is 29.8 Å². The van der Waals surface area contributed by atoms with Gasteiger partial charge in [0.25, 0.3) is 10.1 Å². The van der Waals surface area contributed by atoms with Crippen LogP contribution in [-0.2, 0) is 121 Å². The molecule has 0 aromatic heterocycles. The normalized spacial score (nSPS) is 16.3. The van der Waals surface area contributed by atoms with Crippen LogP contribution >= 0.6 is 11.8 Å². The van der Waals surface area contributed by atoms with Crippen LogP contribution in [0.5, 0.6) is 0 Å². The van der Waals surface area contributed by atoms with Gasteiger partial charge in [-0.05, 0) is 159 Å². The highest BCUT2D eigenvalue weighted by molar-refractivity contribution is 7.98. The quantitative estimate of drug-likeness (QED) is 0.0127. The second-order valence-corrected chi connectivity index (χ2v) is 39.7. The molecular formula is C101H146N9O29S2+. The molecule has 2 aromatic carbocycles. The summed E-state index contributed by atoms with van der Waals surface area (Å²) in [5.41, 5.74) is 6.30. The number of hydrogen-bond donors (Lipinski definition) is 12. The van der Waals surface area contributed by atoms with E-state index in [9.17, 15) is 125 Å². The number of carboxylic acid groups (broad SMARTS) is 5. The number of allylic oxidation sites excluding steroid dienone is 8. The topological polar surface area (TPSA) is 572 Å². The minimum atomic E-state index is -4.53. The lowest BCUT2D eigenvalue weighted by atomic mass is 9.81. The van der Waals surface area contributed by atoms with Gasteiger partial charge in [0.05, 0.1) is 60.3 Å². The van der Waals surface area contributed by atoms with Gasteiger partial charge in [-0.25, -0.2) is 0 Å². The molecule has 0 radical (unpaired) electrons. The van der Waals surface area contributed by atoms with Crippen molar-refractivity contribution in [1.29, 1.82) is 0 Å². The highest BCUT2D eigenvalue weighted by Gasteiger charge is 2.46. The zero-order valence-corrected chi connectivity index (χ0v) is 84.7. The molecule has 1 saturated heterocycles. The Morgan fingerprint density at radius 1 is 0.539 bits per heavy atom. The molecule has 0 spiro atoms. The summed E-state index contributed by atoms with van der Waals surface area (Å²) in [7, 11) is -3.08. The zero-order valence-electron chi connectivity index (χ0n) is 83.1. The first-order valence-corrected chi connectivity index (χ1v) is 51.3. The number of ketones is 6. The molecule has 2 aromatic rings. The molecule has 38 nitrogen and oxygen atoms in total. The monoisotopic (exact) mass is 2010 g/mol. The third-order valence-corrected chi connectivity index (χ3v) is 26.7. The van der Waals surface area contributed by atoms with Crippen molar-refractivity contribution in [2.24, 2.45) is 23.7 Å². The number of carbonyl (C=O) groups is 18. The predicted octanol–water partition coefficient (Wildman–Crippen LogP) is 9.46. The lowest BCUT2D eigenvalue weighted by Crippen LogP contribution is -2.52. The van der Waals surface area contributed by atoms with Crippen LogP contribution in [-0.4, -0.2) is 274 Å². The van der Waals surface area contributed by atoms with Crippen LogP contribution in [0.2, 0.25) is 0 Å². The fraction of sp³-hybridized carbons (Fsp3) is 0.614. The van der Waals surface area contributed by atoms with Crippen molar-refractivity contribution in [2.45, 2.75) is 300 Å². The summed E-state index contributed by atoms with van der Waals surface area (Å²) < 4.78 is 53.3. The molecular weight excluding hydrogens is 1870 g/mol. The molecule has 9 atom stereocenters. The molecule has 40 heteroatoms. The molecule has 141 heavy (non-hydrogen) atoms. The Hall–Kier alpha value is -11.3. The number of carbonyl (C=O) groups excluding carboxylic acids is 13. The molecule has 3 aliphatic rings. The van der Waals surface area contributed by atoms with Gasteiger partial charge < -0.3 is 81.4 Å². The SMILES string of the molecule is CCC(=O)[C@H](CSC)NC(=O)CCC(=O)[C@H](CC(C)C)NC(=O)[C@@H]1CCCN1C(=O)COCCCC(=O)[C@@H](CCC(=O)O)NC(=O)[C@@H](CCC(=O)O)CC(=O)[C@@H](CCC(=O)O)NC(=O)[C@@H](CCC(=O)O)CC(=O)[C@@H](CCC(=O)O)NC(=O)[C@@H](CCCCNC(=O)CCCCCN1/C(=C/C=C/C=C/C=C/C2=[N+](CC)c3ccc(C)cc3C2(C)C)C(C)(C)c2cc(S(=O)(=O)O)ccc21)CC(=O)CCOCCOC. The standard InChI is InChI=1S/C101H145N9O29S2/c1-12-81(112)77(63-140-11)103-89(118)42-41-83(114)76(56-64(3)4)107-99(133)80-27-24-51-110(80)90(119)62-139-52-25-28-82(113)73(36-45-93(124)125)104-97(131)67(33-43-91(120)121)59-85(116)75(38-47-95(128)129)106-98(132)68(34-44-92(122)123)60-84(115)74(37-46-94(126)127)105-96(130)66(58-69(111)48-53-138-55-54-137-10)26-21-22-49-102-88(117)31-20-17-23-50-109-79-40-35-70(141(134,135)136)61-72(79)101(8,9)87(109)30-19-16-14-15-18-29-86-100(6,7)71-57-65(5)32-39-78(71)108(86)13-2/h14-16,18-19,29-30,32,35,39-40,57,61,64,66-68,73-77,80H,12-13,17,20-28,31,33-34,36-38,41-56,58-60,62-63H2,1-11H3,(H11-,102,103,104,105,106,107,117,118,120,121,122,123,124,125,126,127,128,129,130,131,132,133,134,135,136)/p+1/t66-,67-,68-,73+,74+,75+,76-,77-,80-/m0/s1. The summed E-state index contributed by atoms with van der Waals surface area (Å²) in [6.07, 6.45) is 8.79. The molecule has 12 N–H and O–H groups in total. The van der Waals surface area contributed by atoms with Crippen molar-refractivity contribution in [3.8, 4) is 0 Å². The molecule has 0 saturated carbocycles. The first-order chi connectivity index (χ1) is 66.7. The number of fused-ring (bicyclic) bond motifs is 2. The Labute approximate surface area is 829 Å². The van der Waals surface area contributed by atoms with Crippen molar-refractivity contribution in [1.82, 2.24) is 36.8 Å². The average Bonchev–Trinajstić information content (AvgIpc) is 1.59. The number of unbranched alkanes of at least 4 members (excludes halogenated alkanes) is 3. The van der Waals surface area contributed by atoms with Gasteiger partial charge in [0.15, 0.2) is 34.6 Å². The zero-order chi connectivity index (χ0) is 105. The summed E-state index contributed by atoms with van der Waals surface area (Å²) in [4.78, 5) is 243. The number of carboxylic acids is 5. The summed E-state index contributed by atoms with van der Waals surface area (Å²) >= 11 is 1.38. The summed E-state index contributed by atoms with van der Waals surface area (Å²) in [5.74, 6) is -20.6. The van der Waals surface area contributed by atoms with Gasteiger partial charge in [-0.2, -0.15) is 24.8 Å². The van der Waals surface area contributed by atoms with E-state index in [-0.39, 0.29) is 132 Å². The Morgan fingerprint density at radius 3 is 1.67 bits per heavy atom. The molecule has 0 aliphatic carbocycles. The van der Waals surface area contributed by atoms with Crippen LogP contribution in [0.3, 0.4) is 0 Å². The van der Waals surface area contributed by atoms with Crippen LogP contribution < -0.4 is 36.8 Å². The van der Waals surface area contributed by atoms with E-state index >= 15 is 0 Å².